The van der Waals surface area contributed by atoms with Crippen LogP contribution in [0.25, 0.3) is 27.6 Å². The number of aromatic nitrogens is 2. The third kappa shape index (κ3) is 4.77. The molecule has 5 nitrogen and oxygen atoms in total. The van der Waals surface area contributed by atoms with E-state index in [9.17, 15) is 0 Å². The van der Waals surface area contributed by atoms with E-state index in [1.165, 1.54) is 27.6 Å². The molecule has 1 aliphatic rings. The first-order valence-electron chi connectivity index (χ1n) is 14.4. The Balaban J connectivity index is 1.16. The van der Waals surface area contributed by atoms with Crippen molar-refractivity contribution in [2.24, 2.45) is 0 Å². The Kier molecular flexibility index (Phi) is 6.23. The Hall–Kier alpha value is -5.03. The van der Waals surface area contributed by atoms with Gasteiger partial charge in [-0.15, -0.1) is 0 Å². The number of hydrogen-bond donors (Lipinski definition) is 0. The molecule has 2 aromatic heterocycles. The van der Waals surface area contributed by atoms with Gasteiger partial charge in [-0.2, -0.15) is 0 Å². The topological polar surface area (TPSA) is 33.5 Å². The third-order valence-corrected chi connectivity index (χ3v) is 7.96. The Morgan fingerprint density at radius 2 is 1.40 bits per heavy atom. The normalized spacial score (nSPS) is 13.4. The van der Waals surface area contributed by atoms with E-state index in [4.69, 9.17) is 9.72 Å². The van der Waals surface area contributed by atoms with Crippen LogP contribution in [0.15, 0.2) is 122 Å². The van der Waals surface area contributed by atoms with Crippen molar-refractivity contribution in [1.82, 2.24) is 9.55 Å². The molecule has 0 spiro atoms. The molecular formula is C37H34N4O. The summed E-state index contributed by atoms with van der Waals surface area (Å²) in [6.45, 7) is 9.57. The van der Waals surface area contributed by atoms with Crippen LogP contribution in [0.3, 0.4) is 0 Å². The second-order valence-corrected chi connectivity index (χ2v) is 12.0. The molecule has 7 rings (SSSR count). The summed E-state index contributed by atoms with van der Waals surface area (Å²) < 4.78 is 8.68. The first-order valence-corrected chi connectivity index (χ1v) is 14.4. The molecule has 6 aromatic rings. The number of pyridine rings is 1. The van der Waals surface area contributed by atoms with E-state index in [2.05, 4.69) is 133 Å². The average molecular weight is 551 g/mol. The fourth-order valence-electron chi connectivity index (χ4n) is 5.67. The van der Waals surface area contributed by atoms with Crippen LogP contribution in [0, 0.1) is 6.92 Å². The summed E-state index contributed by atoms with van der Waals surface area (Å²) in [6, 6.07) is 36.1. The van der Waals surface area contributed by atoms with Gasteiger partial charge in [0, 0.05) is 52.9 Å². The number of anilines is 2. The Morgan fingerprint density at radius 1 is 0.667 bits per heavy atom. The molecule has 0 bridgehead atoms. The summed E-state index contributed by atoms with van der Waals surface area (Å²) in [6.07, 6.45) is 6.12. The van der Waals surface area contributed by atoms with Crippen LogP contribution < -0.4 is 14.5 Å². The number of rotatable bonds is 5. The van der Waals surface area contributed by atoms with E-state index in [-0.39, 0.29) is 5.41 Å². The zero-order valence-electron chi connectivity index (χ0n) is 24.5. The highest BCUT2D eigenvalue weighted by atomic mass is 16.5. The highest BCUT2D eigenvalue weighted by molar-refractivity contribution is 6.09. The zero-order chi connectivity index (χ0) is 28.8. The zero-order valence-corrected chi connectivity index (χ0v) is 24.5. The van der Waals surface area contributed by atoms with E-state index in [0.717, 1.165) is 40.7 Å². The molecule has 0 unspecified atom stereocenters. The summed E-state index contributed by atoms with van der Waals surface area (Å²) in [7, 11) is 0. The van der Waals surface area contributed by atoms with Crippen molar-refractivity contribution in [1.29, 1.82) is 0 Å². The quantitative estimate of drug-likeness (QED) is 0.214. The van der Waals surface area contributed by atoms with E-state index in [0.29, 0.717) is 0 Å². The SMILES string of the molecule is Cc1ccnc(-n2c3ccccc3c3ccc(Oc4cccc(N5C=CN(c6ccc(C(C)(C)C)cc6)C5)c4)cc32)c1. The molecule has 0 aliphatic carbocycles. The standard InChI is InChI=1S/C37H34N4O/c1-26-18-19-38-36(22-26)41-34-11-6-5-10-32(34)33-17-16-31(24-35(33)41)42-30-9-7-8-29(23-30)40-21-20-39(25-40)28-14-12-27(13-15-28)37(2,3)4/h5-24H,25H2,1-4H3. The van der Waals surface area contributed by atoms with Gasteiger partial charge in [0.2, 0.25) is 0 Å². The lowest BCUT2D eigenvalue weighted by Gasteiger charge is -2.23. The van der Waals surface area contributed by atoms with Gasteiger partial charge in [-0.1, -0.05) is 57.2 Å². The predicted octanol–water partition coefficient (Wildman–Crippen LogP) is 9.33. The molecule has 1 aliphatic heterocycles. The smallest absolute Gasteiger partial charge is 0.137 e. The van der Waals surface area contributed by atoms with Crippen molar-refractivity contribution in [3.05, 3.63) is 133 Å². The minimum absolute atomic E-state index is 0.143. The molecule has 0 N–H and O–H groups in total. The van der Waals surface area contributed by atoms with Gasteiger partial charge in [-0.3, -0.25) is 4.57 Å². The van der Waals surface area contributed by atoms with Gasteiger partial charge in [-0.25, -0.2) is 4.98 Å². The molecule has 42 heavy (non-hydrogen) atoms. The Labute approximate surface area is 246 Å². The van der Waals surface area contributed by atoms with Crippen molar-refractivity contribution in [2.75, 3.05) is 16.5 Å². The molecule has 0 radical (unpaired) electrons. The number of hydrogen-bond acceptors (Lipinski definition) is 4. The first kappa shape index (κ1) is 25.9. The minimum atomic E-state index is 0.143. The molecule has 0 fully saturated rings. The van der Waals surface area contributed by atoms with Crippen LogP contribution >= 0.6 is 0 Å². The molecular weight excluding hydrogens is 516 g/mol. The van der Waals surface area contributed by atoms with Gasteiger partial charge in [0.1, 0.15) is 17.3 Å². The second kappa shape index (κ2) is 10.1. The maximum Gasteiger partial charge on any atom is 0.137 e. The van der Waals surface area contributed by atoms with Crippen LogP contribution in [0.1, 0.15) is 31.9 Å². The van der Waals surface area contributed by atoms with E-state index in [1.807, 2.05) is 30.5 Å². The molecule has 208 valence electrons. The maximum atomic E-state index is 6.46. The van der Waals surface area contributed by atoms with Crippen molar-refractivity contribution in [3.63, 3.8) is 0 Å². The highest BCUT2D eigenvalue weighted by Gasteiger charge is 2.19. The average Bonchev–Trinajstić information content (AvgIpc) is 3.60. The van der Waals surface area contributed by atoms with Gasteiger partial charge >= 0.3 is 0 Å². The first-order chi connectivity index (χ1) is 20.3. The van der Waals surface area contributed by atoms with E-state index in [1.54, 1.807) is 0 Å². The number of para-hydroxylation sites is 1. The van der Waals surface area contributed by atoms with Gasteiger partial charge in [0.05, 0.1) is 17.7 Å². The van der Waals surface area contributed by atoms with Crippen molar-refractivity contribution < 1.29 is 4.74 Å². The lowest BCUT2D eigenvalue weighted by atomic mass is 9.87. The second-order valence-electron chi connectivity index (χ2n) is 12.0. The lowest BCUT2D eigenvalue weighted by molar-refractivity contribution is 0.483. The van der Waals surface area contributed by atoms with Crippen LogP contribution in [0.4, 0.5) is 11.4 Å². The van der Waals surface area contributed by atoms with Crippen LogP contribution in [-0.4, -0.2) is 16.2 Å². The number of aryl methyl sites for hydroxylation is 1. The summed E-state index contributed by atoms with van der Waals surface area (Å²) in [5.74, 6) is 2.48. The number of fused-ring (bicyclic) bond motifs is 3. The van der Waals surface area contributed by atoms with E-state index < -0.39 is 0 Å². The van der Waals surface area contributed by atoms with Crippen LogP contribution in [-0.2, 0) is 5.41 Å². The van der Waals surface area contributed by atoms with Gasteiger partial charge < -0.3 is 14.5 Å². The summed E-state index contributed by atoms with van der Waals surface area (Å²) in [5, 5.41) is 2.37. The van der Waals surface area contributed by atoms with Crippen LogP contribution in [0.2, 0.25) is 0 Å². The Morgan fingerprint density at radius 3 is 2.19 bits per heavy atom. The number of nitrogens with zero attached hydrogens (tertiary/aromatic N) is 4. The molecule has 0 saturated carbocycles. The fraction of sp³-hybridized carbons (Fsp3) is 0.162. The fourth-order valence-corrected chi connectivity index (χ4v) is 5.67. The monoisotopic (exact) mass is 550 g/mol. The largest absolute Gasteiger partial charge is 0.457 e. The summed E-state index contributed by atoms with van der Waals surface area (Å²) in [5.41, 5.74) is 7.11. The maximum absolute atomic E-state index is 6.46. The van der Waals surface area contributed by atoms with E-state index >= 15 is 0 Å². The van der Waals surface area contributed by atoms with Gasteiger partial charge in [0.25, 0.3) is 0 Å². The molecule has 4 aromatic carbocycles. The highest BCUT2D eigenvalue weighted by Crippen LogP contribution is 2.36. The summed E-state index contributed by atoms with van der Waals surface area (Å²) in [4.78, 5) is 9.19. The third-order valence-electron chi connectivity index (χ3n) is 7.96. The predicted molar refractivity (Wildman–Crippen MR) is 174 cm³/mol. The van der Waals surface area contributed by atoms with Crippen molar-refractivity contribution >= 4 is 33.2 Å². The molecule has 0 atom stereocenters. The molecule has 3 heterocycles. The van der Waals surface area contributed by atoms with Gasteiger partial charge in [-0.05, 0) is 78.1 Å². The summed E-state index contributed by atoms with van der Waals surface area (Å²) >= 11 is 0. The van der Waals surface area contributed by atoms with Crippen molar-refractivity contribution in [3.8, 4) is 17.3 Å². The van der Waals surface area contributed by atoms with Crippen LogP contribution in [0.5, 0.6) is 11.5 Å². The minimum Gasteiger partial charge on any atom is -0.457 e. The number of ether oxygens (including phenoxy) is 1. The molecule has 0 amide bonds. The van der Waals surface area contributed by atoms with Crippen molar-refractivity contribution in [2.45, 2.75) is 33.1 Å². The molecule has 5 heteroatoms. The Bertz CT molecular complexity index is 1950. The molecule has 0 saturated heterocycles. The number of benzene rings is 4. The van der Waals surface area contributed by atoms with Gasteiger partial charge in [0.15, 0.2) is 0 Å². The lowest BCUT2D eigenvalue weighted by Crippen LogP contribution is -2.24.